The van der Waals surface area contributed by atoms with Crippen LogP contribution in [-0.4, -0.2) is 25.2 Å². The molecule has 0 aliphatic heterocycles. The smallest absolute Gasteiger partial charge is 0.346 e. The van der Waals surface area contributed by atoms with E-state index in [2.05, 4.69) is 4.72 Å². The lowest BCUT2D eigenvalue weighted by Crippen LogP contribution is -2.18. The summed E-state index contributed by atoms with van der Waals surface area (Å²) >= 11 is 0.835. The fraction of sp³-hybridized carbons (Fsp3) is 0.286. The van der Waals surface area contributed by atoms with Gasteiger partial charge in [0.15, 0.2) is 17.2 Å². The number of benzene rings is 1. The predicted molar refractivity (Wildman–Crippen MR) is 78.9 cm³/mol. The normalized spacial score (nSPS) is 9.82. The first kappa shape index (κ1) is 18.0. The van der Waals surface area contributed by atoms with Gasteiger partial charge in [0.05, 0.1) is 13.2 Å². The number of esters is 2. The molecule has 0 aliphatic rings. The Hall–Kier alpha value is -2.09. The maximum atomic E-state index is 13.0. The molecular weight excluding hydrogens is 316 g/mol. The molecule has 1 N–H and O–H groups in total. The Bertz CT molecular complexity index is 558. The number of carbonyl (C=O) groups is 2. The zero-order valence-electron chi connectivity index (χ0n) is 12.0. The number of anilines is 1. The molecule has 0 fully saturated rings. The molecule has 1 aromatic rings. The van der Waals surface area contributed by atoms with E-state index < -0.39 is 23.6 Å². The van der Waals surface area contributed by atoms with E-state index in [1.165, 1.54) is 11.5 Å². The lowest BCUT2D eigenvalue weighted by Gasteiger charge is -2.07. The maximum Gasteiger partial charge on any atom is 0.346 e. The van der Waals surface area contributed by atoms with Crippen molar-refractivity contribution in [1.29, 1.82) is 0 Å². The number of carbonyl (C=O) groups excluding carboxylic acids is 2. The van der Waals surface area contributed by atoms with Crippen molar-refractivity contribution in [1.82, 2.24) is 0 Å². The average molecular weight is 331 g/mol. The lowest BCUT2D eigenvalue weighted by atomic mass is 10.3. The van der Waals surface area contributed by atoms with Crippen LogP contribution in [0.2, 0.25) is 0 Å². The van der Waals surface area contributed by atoms with Crippen LogP contribution in [0.5, 0.6) is 0 Å². The average Bonchev–Trinajstić information content (AvgIpc) is 2.47. The lowest BCUT2D eigenvalue weighted by molar-refractivity contribution is -0.146. The number of hydrogen-bond acceptors (Lipinski definition) is 6. The summed E-state index contributed by atoms with van der Waals surface area (Å²) in [7, 11) is 0. The summed E-state index contributed by atoms with van der Waals surface area (Å²) in [6, 6.07) is 3.22. The summed E-state index contributed by atoms with van der Waals surface area (Å²) in [5.41, 5.74) is -0.0176. The van der Waals surface area contributed by atoms with Crippen molar-refractivity contribution < 1.29 is 27.8 Å². The maximum absolute atomic E-state index is 13.0. The fourth-order valence-electron chi connectivity index (χ4n) is 1.31. The van der Waals surface area contributed by atoms with E-state index in [1.807, 2.05) is 0 Å². The zero-order valence-corrected chi connectivity index (χ0v) is 12.8. The van der Waals surface area contributed by atoms with E-state index >= 15 is 0 Å². The highest BCUT2D eigenvalue weighted by molar-refractivity contribution is 8.03. The van der Waals surface area contributed by atoms with Gasteiger partial charge in [0.25, 0.3) is 0 Å². The molecule has 0 amide bonds. The highest BCUT2D eigenvalue weighted by Gasteiger charge is 2.20. The van der Waals surface area contributed by atoms with Crippen molar-refractivity contribution >= 4 is 29.6 Å². The van der Waals surface area contributed by atoms with E-state index in [0.29, 0.717) is 0 Å². The Morgan fingerprint density at radius 2 is 1.73 bits per heavy atom. The van der Waals surface area contributed by atoms with Crippen LogP contribution in [0, 0.1) is 11.6 Å². The topological polar surface area (TPSA) is 64.6 Å². The predicted octanol–water partition coefficient (Wildman–Crippen LogP) is 3.04. The third kappa shape index (κ3) is 5.36. The summed E-state index contributed by atoms with van der Waals surface area (Å²) in [4.78, 5) is 23.3. The van der Waals surface area contributed by atoms with E-state index in [0.717, 1.165) is 24.1 Å². The van der Waals surface area contributed by atoms with Crippen molar-refractivity contribution in [3.8, 4) is 0 Å². The molecule has 5 nitrogen and oxygen atoms in total. The Labute approximate surface area is 130 Å². The van der Waals surface area contributed by atoms with E-state index in [1.54, 1.807) is 13.8 Å². The second-order valence-electron chi connectivity index (χ2n) is 3.82. The van der Waals surface area contributed by atoms with Gasteiger partial charge in [-0.15, -0.1) is 0 Å². The number of halogens is 2. The van der Waals surface area contributed by atoms with Gasteiger partial charge in [0.2, 0.25) is 0 Å². The van der Waals surface area contributed by atoms with Crippen molar-refractivity contribution in [3.05, 3.63) is 40.8 Å². The van der Waals surface area contributed by atoms with Gasteiger partial charge < -0.3 is 14.2 Å². The molecule has 0 bridgehead atoms. The van der Waals surface area contributed by atoms with Crippen molar-refractivity contribution in [3.63, 3.8) is 0 Å². The first-order chi connectivity index (χ1) is 10.5. The first-order valence-electron chi connectivity index (χ1n) is 6.40. The number of hydrogen-bond donors (Lipinski definition) is 1. The van der Waals surface area contributed by atoms with Crippen molar-refractivity contribution in [2.75, 3.05) is 17.9 Å². The Morgan fingerprint density at radius 3 is 2.23 bits per heavy atom. The molecule has 8 heteroatoms. The van der Waals surface area contributed by atoms with E-state index in [-0.39, 0.29) is 24.5 Å². The van der Waals surface area contributed by atoms with Crippen LogP contribution >= 0.6 is 11.9 Å². The van der Waals surface area contributed by atoms with Gasteiger partial charge in [0, 0.05) is 17.2 Å². The van der Waals surface area contributed by atoms with Crippen LogP contribution in [0.25, 0.3) is 0 Å². The Balaban J connectivity index is 2.77. The van der Waals surface area contributed by atoms with Crippen LogP contribution < -0.4 is 4.72 Å². The highest BCUT2D eigenvalue weighted by atomic mass is 32.2. The molecule has 0 saturated carbocycles. The van der Waals surface area contributed by atoms with E-state index in [9.17, 15) is 18.4 Å². The van der Waals surface area contributed by atoms with Crippen LogP contribution in [-0.2, 0) is 19.1 Å². The van der Waals surface area contributed by atoms with Gasteiger partial charge in [0.1, 0.15) is 0 Å². The van der Waals surface area contributed by atoms with Gasteiger partial charge in [-0.3, -0.25) is 0 Å². The summed E-state index contributed by atoms with van der Waals surface area (Å²) in [6.45, 7) is 3.43. The minimum Gasteiger partial charge on any atom is -0.462 e. The number of ether oxygens (including phenoxy) is 2. The van der Waals surface area contributed by atoms with Crippen molar-refractivity contribution in [2.45, 2.75) is 13.8 Å². The first-order valence-corrected chi connectivity index (χ1v) is 7.28. The van der Waals surface area contributed by atoms with E-state index in [4.69, 9.17) is 9.47 Å². The Morgan fingerprint density at radius 1 is 1.14 bits per heavy atom. The number of nitrogens with one attached hydrogen (secondary N) is 1. The number of rotatable bonds is 7. The van der Waals surface area contributed by atoms with Crippen molar-refractivity contribution in [2.24, 2.45) is 0 Å². The fourth-order valence-corrected chi connectivity index (χ4v) is 1.95. The molecule has 1 rings (SSSR count). The molecule has 0 saturated heterocycles. The molecule has 120 valence electrons. The molecule has 0 aromatic heterocycles. The van der Waals surface area contributed by atoms with Gasteiger partial charge in [-0.25, -0.2) is 18.4 Å². The van der Waals surface area contributed by atoms with Gasteiger partial charge in [-0.1, -0.05) is 0 Å². The van der Waals surface area contributed by atoms with Crippen LogP contribution in [0.1, 0.15) is 13.8 Å². The molecule has 0 heterocycles. The molecule has 0 unspecified atom stereocenters. The summed E-state index contributed by atoms with van der Waals surface area (Å²) in [5.74, 6) is -3.61. The molecular formula is C14H15F2NO4S. The molecule has 0 atom stereocenters. The molecule has 0 radical (unpaired) electrons. The Kier molecular flexibility index (Phi) is 7.38. The summed E-state index contributed by atoms with van der Waals surface area (Å²) in [6.07, 6.45) is 0. The largest absolute Gasteiger partial charge is 0.462 e. The SMILES string of the molecule is CCOC(=O)C(=CSNc1ccc(F)c(F)c1)C(=O)OCC. The molecule has 22 heavy (non-hydrogen) atoms. The molecule has 0 spiro atoms. The quantitative estimate of drug-likeness (QED) is 0.272. The van der Waals surface area contributed by atoms with Crippen LogP contribution in [0.4, 0.5) is 14.5 Å². The highest BCUT2D eigenvalue weighted by Crippen LogP contribution is 2.18. The van der Waals surface area contributed by atoms with Gasteiger partial charge >= 0.3 is 11.9 Å². The van der Waals surface area contributed by atoms with Gasteiger partial charge in [-0.2, -0.15) is 0 Å². The second kappa shape index (κ2) is 9.04. The summed E-state index contributed by atoms with van der Waals surface area (Å²) < 4.78 is 38.0. The van der Waals surface area contributed by atoms with Crippen LogP contribution in [0.3, 0.4) is 0 Å². The zero-order chi connectivity index (χ0) is 16.5. The third-order valence-corrected chi connectivity index (χ3v) is 2.97. The molecule has 0 aliphatic carbocycles. The minimum absolute atomic E-state index is 0.108. The minimum atomic E-state index is -1.01. The second-order valence-corrected chi connectivity index (χ2v) is 4.50. The summed E-state index contributed by atoms with van der Waals surface area (Å²) in [5, 5.41) is 1.19. The van der Waals surface area contributed by atoms with Gasteiger partial charge in [-0.05, 0) is 37.9 Å². The monoisotopic (exact) mass is 331 g/mol. The molecule has 1 aromatic carbocycles. The standard InChI is InChI=1S/C14H15F2NO4S/c1-3-20-13(18)10(14(19)21-4-2)8-22-17-9-5-6-11(15)12(16)7-9/h5-8,17H,3-4H2,1-2H3. The van der Waals surface area contributed by atoms with Crippen LogP contribution in [0.15, 0.2) is 29.2 Å². The third-order valence-electron chi connectivity index (χ3n) is 2.26.